The summed E-state index contributed by atoms with van der Waals surface area (Å²) in [5, 5.41) is 8.98. The lowest BCUT2D eigenvalue weighted by Gasteiger charge is -2.18. The normalized spacial score (nSPS) is 15.6. The Balaban J connectivity index is 3.07. The second-order valence-corrected chi connectivity index (χ2v) is 5.24. The molecule has 0 aliphatic carbocycles. The van der Waals surface area contributed by atoms with Gasteiger partial charge >= 0.3 is 6.18 Å². The molecule has 1 rings (SSSR count). The molecule has 96 valence electrons. The lowest BCUT2D eigenvalue weighted by molar-refractivity contribution is -0.139. The summed E-state index contributed by atoms with van der Waals surface area (Å²) in [4.78, 5) is 0.0834. The van der Waals surface area contributed by atoms with E-state index in [0.717, 1.165) is 17.8 Å². The van der Waals surface area contributed by atoms with Crippen molar-refractivity contribution in [2.24, 2.45) is 0 Å². The highest BCUT2D eigenvalue weighted by molar-refractivity contribution is 8.00. The first-order chi connectivity index (χ1) is 7.71. The molecule has 6 heteroatoms. The fraction of sp³-hybridized carbons (Fsp3) is 0.455. The van der Waals surface area contributed by atoms with Crippen LogP contribution in [0.25, 0.3) is 0 Å². The highest BCUT2D eigenvalue weighted by Crippen LogP contribution is 2.39. The number of nitrogens with two attached hydrogens (primary N) is 1. The molecule has 0 saturated carbocycles. The zero-order valence-electron chi connectivity index (χ0n) is 9.45. The topological polar surface area (TPSA) is 46.2 Å². The smallest absolute Gasteiger partial charge is 0.399 e. The second-order valence-electron chi connectivity index (χ2n) is 3.82. The van der Waals surface area contributed by atoms with Crippen molar-refractivity contribution in [3.8, 4) is 0 Å². The summed E-state index contributed by atoms with van der Waals surface area (Å²) in [6, 6.07) is 3.67. The third-order valence-electron chi connectivity index (χ3n) is 2.30. The molecule has 1 aromatic rings. The van der Waals surface area contributed by atoms with Gasteiger partial charge in [0.05, 0.1) is 11.7 Å². The molecule has 2 atom stereocenters. The van der Waals surface area contributed by atoms with Crippen molar-refractivity contribution in [3.63, 3.8) is 0 Å². The molecule has 2 nitrogen and oxygen atoms in total. The second kappa shape index (κ2) is 5.18. The molecule has 0 saturated heterocycles. The molecule has 0 bridgehead atoms. The van der Waals surface area contributed by atoms with E-state index < -0.39 is 17.8 Å². The number of anilines is 1. The maximum Gasteiger partial charge on any atom is 0.417 e. The molecule has 2 unspecified atom stereocenters. The summed E-state index contributed by atoms with van der Waals surface area (Å²) in [6.45, 7) is 3.22. The van der Waals surface area contributed by atoms with E-state index in [0.29, 0.717) is 0 Å². The standard InChI is InChI=1S/C11H14F3NOS/c1-6(16)7(2)17-10-4-3-8(15)5-9(10)11(12,13)14/h3-7,16H,15H2,1-2H3. The Bertz CT molecular complexity index is 393. The van der Waals surface area contributed by atoms with E-state index in [1.54, 1.807) is 13.8 Å². The van der Waals surface area contributed by atoms with E-state index in [-0.39, 0.29) is 15.8 Å². The Morgan fingerprint density at radius 2 is 1.88 bits per heavy atom. The van der Waals surface area contributed by atoms with Crippen LogP contribution >= 0.6 is 11.8 Å². The minimum absolute atomic E-state index is 0.0753. The number of benzene rings is 1. The van der Waals surface area contributed by atoms with Gasteiger partial charge in [0.25, 0.3) is 0 Å². The zero-order chi connectivity index (χ0) is 13.2. The average molecular weight is 265 g/mol. The molecule has 17 heavy (non-hydrogen) atoms. The van der Waals surface area contributed by atoms with E-state index >= 15 is 0 Å². The van der Waals surface area contributed by atoms with Gasteiger partial charge in [0.1, 0.15) is 0 Å². The number of aliphatic hydroxyl groups is 1. The molecule has 0 aliphatic rings. The van der Waals surface area contributed by atoms with Gasteiger partial charge in [-0.05, 0) is 25.1 Å². The minimum Gasteiger partial charge on any atom is -0.399 e. The number of nitrogen functional groups attached to an aromatic ring is 1. The number of alkyl halides is 3. The van der Waals surface area contributed by atoms with Gasteiger partial charge < -0.3 is 10.8 Å². The highest BCUT2D eigenvalue weighted by atomic mass is 32.2. The lowest BCUT2D eigenvalue weighted by Crippen LogP contribution is -2.16. The minimum atomic E-state index is -4.43. The number of hydrogen-bond acceptors (Lipinski definition) is 3. The van der Waals surface area contributed by atoms with E-state index in [4.69, 9.17) is 5.73 Å². The van der Waals surface area contributed by atoms with Crippen LogP contribution in [0.3, 0.4) is 0 Å². The Kier molecular flexibility index (Phi) is 4.32. The van der Waals surface area contributed by atoms with E-state index in [9.17, 15) is 18.3 Å². The molecule has 0 fully saturated rings. The van der Waals surface area contributed by atoms with Crippen molar-refractivity contribution >= 4 is 17.4 Å². The predicted molar refractivity (Wildman–Crippen MR) is 62.9 cm³/mol. The number of rotatable bonds is 3. The van der Waals surface area contributed by atoms with Crippen LogP contribution in [0, 0.1) is 0 Å². The van der Waals surface area contributed by atoms with Crippen molar-refractivity contribution in [2.45, 2.75) is 36.3 Å². The van der Waals surface area contributed by atoms with Gasteiger partial charge in [-0.3, -0.25) is 0 Å². The van der Waals surface area contributed by atoms with Gasteiger partial charge in [0.2, 0.25) is 0 Å². The van der Waals surface area contributed by atoms with Crippen molar-refractivity contribution in [3.05, 3.63) is 23.8 Å². The van der Waals surface area contributed by atoms with Gasteiger partial charge in [0.15, 0.2) is 0 Å². The third-order valence-corrected chi connectivity index (χ3v) is 3.68. The van der Waals surface area contributed by atoms with Crippen LogP contribution in [0.2, 0.25) is 0 Å². The van der Waals surface area contributed by atoms with Crippen LogP contribution in [-0.4, -0.2) is 16.5 Å². The first-order valence-corrected chi connectivity index (χ1v) is 5.91. The molecular formula is C11H14F3NOS. The maximum atomic E-state index is 12.7. The lowest BCUT2D eigenvalue weighted by atomic mass is 10.2. The largest absolute Gasteiger partial charge is 0.417 e. The molecule has 3 N–H and O–H groups in total. The van der Waals surface area contributed by atoms with Crippen LogP contribution in [0.4, 0.5) is 18.9 Å². The zero-order valence-corrected chi connectivity index (χ0v) is 10.3. The number of thioether (sulfide) groups is 1. The van der Waals surface area contributed by atoms with Crippen LogP contribution in [0.1, 0.15) is 19.4 Å². The van der Waals surface area contributed by atoms with Crippen LogP contribution in [0.5, 0.6) is 0 Å². The summed E-state index contributed by atoms with van der Waals surface area (Å²) >= 11 is 0.988. The summed E-state index contributed by atoms with van der Waals surface area (Å²) in [6.07, 6.45) is -5.12. The first-order valence-electron chi connectivity index (χ1n) is 5.03. The van der Waals surface area contributed by atoms with Crippen LogP contribution in [-0.2, 0) is 6.18 Å². The number of aliphatic hydroxyl groups excluding tert-OH is 1. The van der Waals surface area contributed by atoms with Crippen molar-refractivity contribution in [2.75, 3.05) is 5.73 Å². The summed E-state index contributed by atoms with van der Waals surface area (Å²) in [7, 11) is 0. The highest BCUT2D eigenvalue weighted by Gasteiger charge is 2.34. The van der Waals surface area contributed by atoms with Gasteiger partial charge in [-0.25, -0.2) is 0 Å². The van der Waals surface area contributed by atoms with E-state index in [2.05, 4.69) is 0 Å². The summed E-state index contributed by atoms with van der Waals surface area (Å²) in [5.74, 6) is 0. The first kappa shape index (κ1) is 14.2. The third kappa shape index (κ3) is 3.81. The number of halogens is 3. The van der Waals surface area contributed by atoms with Gasteiger partial charge in [0, 0.05) is 15.8 Å². The Hall–Kier alpha value is -0.880. The SMILES string of the molecule is CC(O)C(C)Sc1ccc(N)cc1C(F)(F)F. The van der Waals surface area contributed by atoms with Crippen LogP contribution < -0.4 is 5.73 Å². The molecule has 0 heterocycles. The maximum absolute atomic E-state index is 12.7. The quantitative estimate of drug-likeness (QED) is 0.652. The Labute approximate surface area is 102 Å². The van der Waals surface area contributed by atoms with Crippen molar-refractivity contribution in [1.29, 1.82) is 0 Å². The van der Waals surface area contributed by atoms with Crippen molar-refractivity contribution < 1.29 is 18.3 Å². The molecule has 0 radical (unpaired) electrons. The Morgan fingerprint density at radius 3 is 2.35 bits per heavy atom. The van der Waals surface area contributed by atoms with E-state index in [1.165, 1.54) is 12.1 Å². The van der Waals surface area contributed by atoms with Crippen molar-refractivity contribution in [1.82, 2.24) is 0 Å². The fourth-order valence-corrected chi connectivity index (χ4v) is 2.22. The predicted octanol–water partition coefficient (Wildman–Crippen LogP) is 3.15. The van der Waals surface area contributed by atoms with Gasteiger partial charge in [-0.2, -0.15) is 13.2 Å². The van der Waals surface area contributed by atoms with E-state index in [1.807, 2.05) is 0 Å². The van der Waals surface area contributed by atoms with Crippen LogP contribution in [0.15, 0.2) is 23.1 Å². The number of hydrogen-bond donors (Lipinski definition) is 2. The molecule has 1 aromatic carbocycles. The Morgan fingerprint density at radius 1 is 1.29 bits per heavy atom. The molecule has 0 aromatic heterocycles. The average Bonchev–Trinajstić information content (AvgIpc) is 2.18. The summed E-state index contributed by atoms with van der Waals surface area (Å²) < 4.78 is 38.2. The molecular weight excluding hydrogens is 251 g/mol. The molecule has 0 aliphatic heterocycles. The van der Waals surface area contributed by atoms with Gasteiger partial charge in [-0.15, -0.1) is 11.8 Å². The van der Waals surface area contributed by atoms with Gasteiger partial charge in [-0.1, -0.05) is 6.92 Å². The monoisotopic (exact) mass is 265 g/mol. The summed E-state index contributed by atoms with van der Waals surface area (Å²) in [5.41, 5.74) is 4.68. The molecule has 0 spiro atoms. The fourth-order valence-electron chi connectivity index (χ4n) is 1.17. The molecule has 0 amide bonds.